The van der Waals surface area contributed by atoms with Gasteiger partial charge in [0, 0.05) is 18.7 Å². The average molecular weight is 605 g/mol. The highest BCUT2D eigenvalue weighted by molar-refractivity contribution is 6.39. The fraction of sp³-hybridized carbons (Fsp3) is 0.706. The van der Waals surface area contributed by atoms with Gasteiger partial charge in [0.05, 0.1) is 12.6 Å². The molecule has 1 aliphatic carbocycles. The first-order valence-electron chi connectivity index (χ1n) is 16.5. The highest BCUT2D eigenvalue weighted by Gasteiger charge is 2.53. The number of piperidine rings is 1. The fourth-order valence-electron chi connectivity index (χ4n) is 7.30. The number of nitrogens with zero attached hydrogens (tertiary/aromatic N) is 6. The Morgan fingerprint density at radius 3 is 2.39 bits per heavy atom. The Morgan fingerprint density at radius 1 is 1.09 bits per heavy atom. The summed E-state index contributed by atoms with van der Waals surface area (Å²) in [6.45, 7) is 18.0. The van der Waals surface area contributed by atoms with E-state index in [-0.39, 0.29) is 35.2 Å². The van der Waals surface area contributed by atoms with E-state index in [0.717, 1.165) is 63.6 Å². The molecule has 1 unspecified atom stereocenters. The van der Waals surface area contributed by atoms with Gasteiger partial charge in [0.2, 0.25) is 0 Å². The van der Waals surface area contributed by atoms with Crippen LogP contribution in [0.4, 0.5) is 0 Å². The smallest absolute Gasteiger partial charge is 0.291 e. The molecule has 2 aliphatic heterocycles. The van der Waals surface area contributed by atoms with Gasteiger partial charge in [-0.1, -0.05) is 65.8 Å². The van der Waals surface area contributed by atoms with E-state index in [1.807, 2.05) is 24.3 Å². The molecule has 0 radical (unpaired) electrons. The molecule has 0 bridgehead atoms. The van der Waals surface area contributed by atoms with Crippen molar-refractivity contribution in [2.75, 3.05) is 13.1 Å². The molecular formula is C34H52N8O2. The molecule has 3 aliphatic rings. The van der Waals surface area contributed by atoms with E-state index in [0.29, 0.717) is 29.1 Å². The maximum atomic E-state index is 14.6. The Balaban J connectivity index is 1.46. The number of carbonyl (C=O) groups is 2. The van der Waals surface area contributed by atoms with Crippen LogP contribution < -0.4 is 5.32 Å². The molecule has 1 aromatic carbocycles. The Kier molecular flexibility index (Phi) is 9.19. The van der Waals surface area contributed by atoms with Gasteiger partial charge in [-0.25, -0.2) is 4.99 Å². The largest absolute Gasteiger partial charge is 0.352 e. The number of carbonyl (C=O) groups excluding carboxylic acids is 2. The van der Waals surface area contributed by atoms with Gasteiger partial charge in [0.15, 0.2) is 11.7 Å². The lowest BCUT2D eigenvalue weighted by Crippen LogP contribution is -2.52. The number of nitrogens with one attached hydrogen (secondary N) is 2. The summed E-state index contributed by atoms with van der Waals surface area (Å²) in [5.74, 6) is 2.13. The summed E-state index contributed by atoms with van der Waals surface area (Å²) >= 11 is 0. The van der Waals surface area contributed by atoms with Crippen molar-refractivity contribution >= 4 is 17.6 Å². The van der Waals surface area contributed by atoms with E-state index >= 15 is 0 Å². The third-order valence-electron chi connectivity index (χ3n) is 9.97. The van der Waals surface area contributed by atoms with E-state index < -0.39 is 5.66 Å². The summed E-state index contributed by atoms with van der Waals surface area (Å²) in [6, 6.07) is 7.65. The number of amidine groups is 1. The van der Waals surface area contributed by atoms with Crippen molar-refractivity contribution in [3.8, 4) is 0 Å². The molecule has 2 amide bonds. The summed E-state index contributed by atoms with van der Waals surface area (Å²) in [4.78, 5) is 37.4. The number of aliphatic imine (C=N–C) groups is 1. The van der Waals surface area contributed by atoms with Crippen LogP contribution in [0.3, 0.4) is 0 Å². The number of aromatic amines is 1. The second kappa shape index (κ2) is 12.6. The summed E-state index contributed by atoms with van der Waals surface area (Å²) in [6.07, 6.45) is 7.98. The molecule has 2 fully saturated rings. The van der Waals surface area contributed by atoms with Crippen LogP contribution in [0, 0.1) is 22.7 Å². The van der Waals surface area contributed by atoms with Crippen LogP contribution in [-0.4, -0.2) is 66.8 Å². The summed E-state index contributed by atoms with van der Waals surface area (Å²) in [5, 5.41) is 16.6. The molecule has 3 heterocycles. The second-order valence-corrected chi connectivity index (χ2v) is 15.7. The van der Waals surface area contributed by atoms with Crippen LogP contribution >= 0.6 is 0 Å². The number of hydrogen-bond acceptors (Lipinski definition) is 7. The molecule has 2 N–H and O–H groups in total. The second-order valence-electron chi connectivity index (χ2n) is 15.7. The zero-order chi connectivity index (χ0) is 31.7. The number of benzene rings is 1. The van der Waals surface area contributed by atoms with E-state index in [2.05, 4.69) is 84.2 Å². The van der Waals surface area contributed by atoms with E-state index in [1.54, 1.807) is 0 Å². The molecule has 5 rings (SSSR count). The first-order valence-corrected chi connectivity index (χ1v) is 16.5. The molecule has 1 spiro atoms. The van der Waals surface area contributed by atoms with Crippen molar-refractivity contribution in [1.29, 1.82) is 0 Å². The molecular weight excluding hydrogens is 552 g/mol. The van der Waals surface area contributed by atoms with E-state index in [1.165, 1.54) is 6.42 Å². The SMILES string of the molecule is CC1CCCN(C2=NC3(CCC(C(C)(C)C)CC3)N([C@H](CCC(C)(C)C)c3ccc(C(=O)NCc4nn[nH]n4)cc3)C2=O)C1. The standard InChI is InChI=1S/C34H52N8O2/c1-23-9-8-20-41(22-23)29-31(44)42(34(36-29)18-14-26(15-19-34)33(5,6)7)27(16-17-32(2,3)4)24-10-12-25(13-11-24)30(43)35-21-28-37-39-40-38-28/h10-13,23,26-27H,8-9,14-22H2,1-7H3,(H,35,43)(H,37,38,39,40)/t23?,26?,27-,34?/m1/s1. The number of hydrogen-bond donors (Lipinski definition) is 2. The molecule has 2 aromatic rings. The minimum absolute atomic E-state index is 0.0779. The Morgan fingerprint density at radius 2 is 1.80 bits per heavy atom. The van der Waals surface area contributed by atoms with Crippen molar-refractivity contribution in [2.45, 2.75) is 118 Å². The number of tetrazole rings is 1. The zero-order valence-electron chi connectivity index (χ0n) is 27.8. The molecule has 2 atom stereocenters. The predicted octanol–water partition coefficient (Wildman–Crippen LogP) is 5.90. The molecule has 1 aromatic heterocycles. The number of H-pyrrole nitrogens is 1. The monoisotopic (exact) mass is 604 g/mol. The Bertz CT molecular complexity index is 1310. The molecule has 10 nitrogen and oxygen atoms in total. The van der Waals surface area contributed by atoms with E-state index in [9.17, 15) is 9.59 Å². The predicted molar refractivity (Wildman–Crippen MR) is 172 cm³/mol. The van der Waals surface area contributed by atoms with Gasteiger partial charge in [-0.05, 0) is 91.7 Å². The molecule has 1 saturated carbocycles. The maximum Gasteiger partial charge on any atom is 0.291 e. The van der Waals surface area contributed by atoms with Crippen molar-refractivity contribution in [3.05, 3.63) is 41.2 Å². The van der Waals surface area contributed by atoms with Gasteiger partial charge in [0.25, 0.3) is 11.8 Å². The highest BCUT2D eigenvalue weighted by Crippen LogP contribution is 2.50. The summed E-state index contributed by atoms with van der Waals surface area (Å²) in [7, 11) is 0. The third-order valence-corrected chi connectivity index (χ3v) is 9.97. The van der Waals surface area contributed by atoms with Crippen LogP contribution in [0.1, 0.15) is 128 Å². The van der Waals surface area contributed by atoms with Crippen LogP contribution in [-0.2, 0) is 11.3 Å². The van der Waals surface area contributed by atoms with Crippen molar-refractivity contribution in [2.24, 2.45) is 27.7 Å². The lowest BCUT2D eigenvalue weighted by molar-refractivity contribution is -0.134. The molecule has 10 heteroatoms. The van der Waals surface area contributed by atoms with Gasteiger partial charge in [-0.15, -0.1) is 10.2 Å². The Hall–Kier alpha value is -3.30. The average Bonchev–Trinajstić information content (AvgIpc) is 3.58. The first kappa shape index (κ1) is 32.1. The lowest BCUT2D eigenvalue weighted by Gasteiger charge is -2.47. The maximum absolute atomic E-state index is 14.6. The lowest BCUT2D eigenvalue weighted by atomic mass is 9.69. The van der Waals surface area contributed by atoms with Crippen molar-refractivity contribution in [3.63, 3.8) is 0 Å². The Labute approximate surface area is 262 Å². The minimum atomic E-state index is -0.530. The molecule has 44 heavy (non-hydrogen) atoms. The number of rotatable bonds is 7. The number of aromatic nitrogens is 4. The third kappa shape index (κ3) is 7.15. The van der Waals surface area contributed by atoms with Crippen LogP contribution in [0.5, 0.6) is 0 Å². The van der Waals surface area contributed by atoms with Crippen molar-refractivity contribution < 1.29 is 9.59 Å². The minimum Gasteiger partial charge on any atom is -0.352 e. The topological polar surface area (TPSA) is 119 Å². The summed E-state index contributed by atoms with van der Waals surface area (Å²) < 4.78 is 0. The van der Waals surface area contributed by atoms with Crippen LogP contribution in [0.2, 0.25) is 0 Å². The quantitative estimate of drug-likeness (QED) is 0.406. The number of likely N-dealkylation sites (tertiary alicyclic amines) is 1. The van der Waals surface area contributed by atoms with Gasteiger partial charge in [-0.3, -0.25) is 9.59 Å². The van der Waals surface area contributed by atoms with Gasteiger partial charge < -0.3 is 15.1 Å². The highest BCUT2D eigenvalue weighted by atomic mass is 16.2. The van der Waals surface area contributed by atoms with Gasteiger partial charge in [0.1, 0.15) is 5.66 Å². The fourth-order valence-corrected chi connectivity index (χ4v) is 7.30. The normalized spacial score (nSPS) is 25.3. The summed E-state index contributed by atoms with van der Waals surface area (Å²) in [5.41, 5.74) is 1.42. The van der Waals surface area contributed by atoms with Gasteiger partial charge in [-0.2, -0.15) is 5.21 Å². The van der Waals surface area contributed by atoms with Crippen LogP contribution in [0.15, 0.2) is 29.3 Å². The number of amides is 2. The van der Waals surface area contributed by atoms with E-state index in [4.69, 9.17) is 4.99 Å². The molecule has 240 valence electrons. The molecule has 1 saturated heterocycles. The zero-order valence-corrected chi connectivity index (χ0v) is 27.8. The van der Waals surface area contributed by atoms with Crippen molar-refractivity contribution in [1.82, 2.24) is 35.7 Å². The van der Waals surface area contributed by atoms with Crippen LogP contribution in [0.25, 0.3) is 0 Å². The first-order chi connectivity index (χ1) is 20.8. The van der Waals surface area contributed by atoms with Gasteiger partial charge >= 0.3 is 0 Å².